The van der Waals surface area contributed by atoms with Crippen molar-refractivity contribution < 1.29 is 87.8 Å². The molecule has 1 saturated heterocycles. The molecular weight excluding hydrogens is 716 g/mol. The van der Waals surface area contributed by atoms with Gasteiger partial charge in [-0.3, -0.25) is 0 Å². The molecule has 0 unspecified atom stereocenters. The first-order chi connectivity index (χ1) is 19.4. The number of hydrogen-bond donors (Lipinski definition) is 0. The van der Waals surface area contributed by atoms with Gasteiger partial charge in [-0.05, 0) is 0 Å². The van der Waals surface area contributed by atoms with Crippen LogP contribution in [0, 0.1) is 0 Å². The zero-order chi connectivity index (χ0) is 34.3. The largest absolute Gasteiger partial charge is 0.444 e. The first kappa shape index (κ1) is 36.2. The van der Waals surface area contributed by atoms with Crippen molar-refractivity contribution >= 4 is 33.9 Å². The molecule has 3 rings (SSSR count). The molecule has 44 heavy (non-hydrogen) atoms. The minimum Gasteiger partial charge on any atom is -0.348 e. The third kappa shape index (κ3) is 5.76. The van der Waals surface area contributed by atoms with E-state index in [-0.39, 0.29) is 0 Å². The highest BCUT2D eigenvalue weighted by molar-refractivity contribution is 8.15. The molecule has 4 nitrogen and oxygen atoms in total. The highest BCUT2D eigenvalue weighted by atomic mass is 32.2. The van der Waals surface area contributed by atoms with Crippen LogP contribution in [0.15, 0.2) is 33.0 Å². The van der Waals surface area contributed by atoms with Gasteiger partial charge in [-0.2, -0.15) is 87.8 Å². The zero-order valence-corrected chi connectivity index (χ0v) is 21.6. The number of rotatable bonds is 0. The minimum atomic E-state index is -6.67. The molecule has 252 valence electrons. The summed E-state index contributed by atoms with van der Waals surface area (Å²) >= 11 is -2.85. The van der Waals surface area contributed by atoms with Gasteiger partial charge in [-0.1, -0.05) is 23.5 Å². The van der Waals surface area contributed by atoms with E-state index < -0.39 is 130 Å². The molecule has 0 bridgehead atoms. The van der Waals surface area contributed by atoms with Crippen molar-refractivity contribution in [1.82, 2.24) is 9.80 Å². The highest BCUT2D eigenvalue weighted by Gasteiger charge is 2.79. The molecule has 0 N–H and O–H groups in total. The number of allylic oxidation sites excluding steroid dienone is 2. The van der Waals surface area contributed by atoms with Crippen LogP contribution in [0.1, 0.15) is 0 Å². The van der Waals surface area contributed by atoms with Crippen molar-refractivity contribution in [3.8, 4) is 0 Å². The molecule has 0 aliphatic carbocycles. The Labute approximate surface area is 237 Å². The number of hydrogen-bond acceptors (Lipinski definition) is 6. The van der Waals surface area contributed by atoms with E-state index >= 15 is 0 Å². The van der Waals surface area contributed by atoms with Crippen LogP contribution in [0.3, 0.4) is 0 Å². The predicted molar refractivity (Wildman–Crippen MR) is 111 cm³/mol. The summed E-state index contributed by atoms with van der Waals surface area (Å²) in [5.74, 6) is -7.74. The van der Waals surface area contributed by atoms with E-state index in [1.807, 2.05) is 0 Å². The quantitative estimate of drug-likeness (QED) is 0.237. The number of piperazine rings is 1. The lowest BCUT2D eigenvalue weighted by molar-refractivity contribution is -0.255. The lowest BCUT2D eigenvalue weighted by Crippen LogP contribution is -2.56. The van der Waals surface area contributed by atoms with Gasteiger partial charge in [0.15, 0.2) is 10.3 Å². The van der Waals surface area contributed by atoms with Crippen molar-refractivity contribution in [2.45, 2.75) is 46.6 Å². The minimum absolute atomic E-state index is 0.331. The summed E-state index contributed by atoms with van der Waals surface area (Å²) < 4.78 is 258. The van der Waals surface area contributed by atoms with E-state index in [2.05, 4.69) is 9.98 Å². The summed E-state index contributed by atoms with van der Waals surface area (Å²) in [5.41, 5.74) is -6.28. The average Bonchev–Trinajstić information content (AvgIpc) is 3.43. The molecule has 3 aliphatic rings. The van der Waals surface area contributed by atoms with E-state index in [4.69, 9.17) is 0 Å². The van der Waals surface area contributed by atoms with E-state index in [0.29, 0.717) is 9.80 Å². The zero-order valence-electron chi connectivity index (χ0n) is 20.0. The maximum atomic E-state index is 13.9. The Balaban J connectivity index is 2.01. The van der Waals surface area contributed by atoms with Crippen LogP contribution in [-0.2, 0) is 0 Å². The van der Waals surface area contributed by atoms with Crippen LogP contribution in [-0.4, -0.2) is 92.9 Å². The normalized spacial score (nSPS) is 24.5. The molecule has 0 radical (unpaired) electrons. The molecule has 0 aromatic carbocycles. The van der Waals surface area contributed by atoms with Gasteiger partial charge in [0.05, 0.1) is 0 Å². The highest BCUT2D eigenvalue weighted by Crippen LogP contribution is 2.63. The Morgan fingerprint density at radius 2 is 0.705 bits per heavy atom. The van der Waals surface area contributed by atoms with E-state index in [0.717, 1.165) is 0 Å². The Hall–Kier alpha value is -2.28. The summed E-state index contributed by atoms with van der Waals surface area (Å²) in [6, 6.07) is 0. The topological polar surface area (TPSA) is 31.2 Å². The Kier molecular flexibility index (Phi) is 8.75. The molecule has 0 saturated carbocycles. The van der Waals surface area contributed by atoms with Crippen LogP contribution >= 0.6 is 23.5 Å². The number of nitrogens with zero attached hydrogens (tertiary/aromatic N) is 4. The first-order valence-corrected chi connectivity index (χ1v) is 12.3. The fourth-order valence-electron chi connectivity index (χ4n) is 3.89. The van der Waals surface area contributed by atoms with E-state index in [1.165, 1.54) is 0 Å². The van der Waals surface area contributed by atoms with E-state index in [9.17, 15) is 87.8 Å². The average molecular weight is 724 g/mol. The molecule has 3 heterocycles. The second-order valence-corrected chi connectivity index (χ2v) is 11.0. The molecule has 0 aromatic rings. The van der Waals surface area contributed by atoms with Gasteiger partial charge in [0.1, 0.15) is 11.4 Å². The summed E-state index contributed by atoms with van der Waals surface area (Å²) in [7, 11) is 0. The van der Waals surface area contributed by atoms with Crippen LogP contribution in [0.4, 0.5) is 87.8 Å². The molecule has 26 heteroatoms. The first-order valence-electron chi connectivity index (χ1n) is 10.7. The molecular formula is C18H8F20N4S2. The number of aliphatic imine (C=N–C) groups is 2. The lowest BCUT2D eigenvalue weighted by atomic mass is 10.0. The van der Waals surface area contributed by atoms with Gasteiger partial charge in [0.2, 0.25) is 11.7 Å². The Morgan fingerprint density at radius 3 is 0.886 bits per heavy atom. The van der Waals surface area contributed by atoms with Gasteiger partial charge in [-0.15, -0.1) is 0 Å². The van der Waals surface area contributed by atoms with Crippen molar-refractivity contribution in [3.05, 3.63) is 23.0 Å². The monoisotopic (exact) mass is 724 g/mol. The molecule has 0 amide bonds. The fourth-order valence-corrected chi connectivity index (χ4v) is 6.26. The predicted octanol–water partition coefficient (Wildman–Crippen LogP) is 8.02. The second-order valence-electron chi connectivity index (χ2n) is 8.64. The molecule has 0 aromatic heterocycles. The third-order valence-corrected chi connectivity index (χ3v) is 8.89. The number of halogens is 20. The summed E-state index contributed by atoms with van der Waals surface area (Å²) in [4.78, 5) is 5.77. The van der Waals surface area contributed by atoms with Gasteiger partial charge < -0.3 is 9.80 Å². The summed E-state index contributed by atoms with van der Waals surface area (Å²) in [6.07, 6.45) is -39.5. The van der Waals surface area contributed by atoms with Gasteiger partial charge in [0.25, 0.3) is 9.49 Å². The number of alkyl halides is 18. The fraction of sp³-hybridized carbons (Fsp3) is 0.667. The Morgan fingerprint density at radius 1 is 0.477 bits per heavy atom. The van der Waals surface area contributed by atoms with Gasteiger partial charge >= 0.3 is 37.1 Å². The maximum Gasteiger partial charge on any atom is 0.444 e. The Bertz CT molecular complexity index is 1140. The maximum absolute atomic E-state index is 13.9. The van der Waals surface area contributed by atoms with Crippen molar-refractivity contribution in [1.29, 1.82) is 0 Å². The third-order valence-electron chi connectivity index (χ3n) is 5.90. The summed E-state index contributed by atoms with van der Waals surface area (Å²) in [5, 5.41) is -3.09. The molecule has 0 atom stereocenters. The SMILES string of the molecule is FC(=C1N=C(N2CCN(C3=NC(=C(F)C(F)(F)F)C(C(F)(F)F)(C(F)(F)F)S3)CC2)SC1(C(F)(F)F)C(F)(F)F)C(F)(F)F. The van der Waals surface area contributed by atoms with Gasteiger partial charge in [-0.25, -0.2) is 9.98 Å². The van der Waals surface area contributed by atoms with Gasteiger partial charge in [0, 0.05) is 26.2 Å². The molecule has 1 fully saturated rings. The van der Waals surface area contributed by atoms with Crippen LogP contribution in [0.5, 0.6) is 0 Å². The van der Waals surface area contributed by atoms with Crippen LogP contribution < -0.4 is 0 Å². The number of amidine groups is 2. The lowest BCUT2D eigenvalue weighted by Gasteiger charge is -2.38. The van der Waals surface area contributed by atoms with Crippen LogP contribution in [0.25, 0.3) is 0 Å². The van der Waals surface area contributed by atoms with Crippen molar-refractivity contribution in [2.75, 3.05) is 26.2 Å². The number of thioether (sulfide) groups is 2. The smallest absolute Gasteiger partial charge is 0.348 e. The molecule has 3 aliphatic heterocycles. The van der Waals surface area contributed by atoms with Crippen molar-refractivity contribution in [2.24, 2.45) is 9.98 Å². The standard InChI is InChI=1S/C18H8F20N4S2/c19-5(13(21,22)23)7-11(15(27,28)29,16(30,31)32)43-9(39-7)41-1-2-42(4-3-41)10-40-8(6(20)14(24,25)26)12(44-10,17(33,34)35)18(36,37)38/h1-4H2. The van der Waals surface area contributed by atoms with E-state index in [1.54, 1.807) is 0 Å². The molecule has 0 spiro atoms. The van der Waals surface area contributed by atoms with Crippen LogP contribution in [0.2, 0.25) is 0 Å². The second kappa shape index (κ2) is 10.6. The summed E-state index contributed by atoms with van der Waals surface area (Å²) in [6.45, 7) is -4.21. The van der Waals surface area contributed by atoms with Crippen molar-refractivity contribution in [3.63, 3.8) is 0 Å².